The Morgan fingerprint density at radius 2 is 0.667 bits per heavy atom. The van der Waals surface area contributed by atoms with Crippen molar-refractivity contribution >= 4 is 176 Å². The molecule has 0 bridgehead atoms. The summed E-state index contributed by atoms with van der Waals surface area (Å²) in [6, 6.07) is -23.4. The molecule has 18 amide bonds. The van der Waals surface area contributed by atoms with Crippen LogP contribution in [0.3, 0.4) is 0 Å². The zero-order valence-electron chi connectivity index (χ0n) is 84.4. The molecule has 150 heavy (non-hydrogen) atoms. The van der Waals surface area contributed by atoms with Crippen molar-refractivity contribution in [1.82, 2.24) is 132 Å². The first-order chi connectivity index (χ1) is 71.0. The van der Waals surface area contributed by atoms with E-state index in [1.807, 2.05) is 0 Å². The van der Waals surface area contributed by atoms with Crippen LogP contribution in [-0.4, -0.2) is 386 Å². The van der Waals surface area contributed by atoms with Gasteiger partial charge in [-0.3, -0.25) is 124 Å². The molecule has 0 unspecified atom stereocenters. The number of guanidine groups is 7. The van der Waals surface area contributed by atoms with Gasteiger partial charge in [-0.25, -0.2) is 4.79 Å². The van der Waals surface area contributed by atoms with Crippen LogP contribution >= 0.6 is 21.6 Å². The van der Waals surface area contributed by atoms with Gasteiger partial charge in [-0.15, -0.1) is 0 Å². The van der Waals surface area contributed by atoms with Crippen LogP contribution in [0.15, 0.2) is 0 Å². The average Bonchev–Trinajstić information content (AvgIpc) is 1.66. The summed E-state index contributed by atoms with van der Waals surface area (Å²) < 4.78 is 0. The molecule has 844 valence electrons. The van der Waals surface area contributed by atoms with Gasteiger partial charge in [-0.05, 0) is 154 Å². The van der Waals surface area contributed by atoms with Gasteiger partial charge in [0.2, 0.25) is 106 Å². The number of fused-ring (bicyclic) bond motifs is 2. The zero-order chi connectivity index (χ0) is 112. The molecule has 0 aliphatic carbocycles. The number of aliphatic hydroxyl groups is 2. The Balaban J connectivity index is 2.22. The van der Waals surface area contributed by atoms with Crippen molar-refractivity contribution in [1.29, 1.82) is 37.9 Å². The third kappa shape index (κ3) is 50.8. The lowest BCUT2D eigenvalue weighted by atomic mass is 9.96. The lowest BCUT2D eigenvalue weighted by Crippen LogP contribution is -2.61. The predicted octanol–water partition coefficient (Wildman–Crippen LogP) is -15.6. The van der Waals surface area contributed by atoms with E-state index in [0.29, 0.717) is 6.42 Å². The van der Waals surface area contributed by atoms with E-state index < -0.39 is 295 Å². The molecule has 17 atom stereocenters. The van der Waals surface area contributed by atoms with Crippen LogP contribution in [0.4, 0.5) is 0 Å². The summed E-state index contributed by atoms with van der Waals surface area (Å²) >= 11 is 0. The molecule has 3 rings (SSSR count). The Kier molecular flexibility index (Phi) is 60.7. The average molecular weight is 2170 g/mol. The number of carboxylic acids is 1. The first-order valence-electron chi connectivity index (χ1n) is 49.1. The van der Waals surface area contributed by atoms with Gasteiger partial charge in [0.25, 0.3) is 0 Å². The van der Waals surface area contributed by atoms with Gasteiger partial charge >= 0.3 is 5.97 Å². The Labute approximate surface area is 873 Å². The molecular formula is C85H155N41O22S2. The van der Waals surface area contributed by atoms with Crippen LogP contribution in [0, 0.1) is 43.8 Å². The van der Waals surface area contributed by atoms with Gasteiger partial charge in [-0.1, -0.05) is 41.9 Å². The van der Waals surface area contributed by atoms with Crippen LogP contribution in [0.5, 0.6) is 0 Å². The number of nitrogens with one attached hydrogen (secondary N) is 30. The van der Waals surface area contributed by atoms with Crippen LogP contribution in [0.1, 0.15) is 162 Å². The zero-order valence-corrected chi connectivity index (χ0v) is 86.0. The summed E-state index contributed by atoms with van der Waals surface area (Å²) in [7, 11) is 1.65. The molecular weight excluding hydrogens is 2010 g/mol. The molecule has 0 radical (unpaired) electrons. The van der Waals surface area contributed by atoms with Crippen molar-refractivity contribution in [3.05, 3.63) is 0 Å². The molecule has 63 nitrogen and oxygen atoms in total. The van der Waals surface area contributed by atoms with Crippen molar-refractivity contribution in [2.75, 3.05) is 110 Å². The van der Waals surface area contributed by atoms with Gasteiger partial charge in [-0.2, -0.15) is 0 Å². The predicted molar refractivity (Wildman–Crippen MR) is 550 cm³/mol. The third-order valence-corrected chi connectivity index (χ3v) is 26.0. The Hall–Kier alpha value is -14.6. The van der Waals surface area contributed by atoms with Gasteiger partial charge in [0.15, 0.2) is 41.7 Å². The SMILES string of the molecule is CC[C@H](C)[C@@H]1NC(=O)[C@@H](CCCNC(=N)N)NC(=O)[C@H](CCCNC(=N)N)NC(=O)CNC(=O)[C@H](CCCCN)NC(=O)CNC(=O)[C@H](CCCNC(=N)N)NC(=O)[C@@H]([C@@H](C)O)NC(=O)CNC(=O)[C@@H](CCCNC(=N)N)NC(=O)[C@@H]2CCCN2C(=O)[C@@H](CCCNC(=N)N)NC(=O)[C@H]2CCCN2C(=O)CNC(=O)[C@@H](CO)NC(=O)[C@@H](N)CSSC[C@@H](C(=O)O)NC(=O)[C@H](CCCNC(=N)N)NC(=O)[C@@H](CCCNC(=N)N)NC1=O. The molecule has 0 aromatic rings. The van der Waals surface area contributed by atoms with Crippen molar-refractivity contribution in [3.8, 4) is 0 Å². The number of rotatable bonds is 37. The summed E-state index contributed by atoms with van der Waals surface area (Å²) in [5, 5.41) is 143. The number of nitrogens with zero attached hydrogens (tertiary/aromatic N) is 2. The smallest absolute Gasteiger partial charge is 0.327 e. The first-order valence-corrected chi connectivity index (χ1v) is 51.6. The van der Waals surface area contributed by atoms with Crippen molar-refractivity contribution in [2.45, 2.75) is 259 Å². The fourth-order valence-corrected chi connectivity index (χ4v) is 17.6. The maximum absolute atomic E-state index is 14.9. The van der Waals surface area contributed by atoms with Gasteiger partial charge in [0.05, 0.1) is 44.9 Å². The number of unbranched alkanes of at least 4 members (excludes halogenated alkanes) is 1. The van der Waals surface area contributed by atoms with E-state index in [9.17, 15) is 106 Å². The molecule has 0 aromatic heterocycles. The maximum Gasteiger partial charge on any atom is 0.327 e. The van der Waals surface area contributed by atoms with Crippen LogP contribution in [0.2, 0.25) is 0 Å². The largest absolute Gasteiger partial charge is 0.480 e. The van der Waals surface area contributed by atoms with Crippen molar-refractivity contribution < 1.29 is 106 Å². The molecule has 65 heteroatoms. The van der Waals surface area contributed by atoms with Gasteiger partial charge < -0.3 is 199 Å². The Morgan fingerprint density at radius 3 is 1.05 bits per heavy atom. The standard InChI is InChI=1S/C85H155N41O22S2/c1-4-43(2)62-75(144)119-51(21-11-31-106-83(96)97)70(139)115-50(20-10-30-105-82(94)95)71(140)122-55(78(147)148)42-150-149-41-45(87)64(133)121-54(40-127)68(137)112-39-61(132)125-34-14-24-56(125)73(142)120-53(23-13-33-108-85(100)101)77(146)126-35-15-25-57(126)74(143)117-47(17-7-27-102-79(88)89)66(135)111-38-60(131)123-63(44(3)128)76(145)118-48(18-8-28-103-80(90)91)67(136)110-36-58(129)113-46(16-5-6-26-86)65(134)109-37-59(130)114-49(19-9-29-104-81(92)93)69(138)116-52(72(141)124-62)22-12-32-107-84(98)99/h43-57,62-63,127-128H,4-42,86-87H2,1-3H3,(H,109,134)(H,110,136)(H,111,135)(H,112,137)(H,113,129)(H,114,130)(H,115,139)(H,116,138)(H,117,143)(H,118,145)(H,119,144)(H,120,142)(H,121,133)(H,122,140)(H,123,131)(H,124,141)(H,147,148)(H4,88,89,102)(H4,90,91,103)(H4,92,93,104)(H4,94,95,105)(H4,96,97,106)(H4,98,99,107)(H4,100,101,108)/t43-,44+,45-,46-,47+,48-,49-,50-,51+,52+,53+,54+,55-,56+,57-,62-,63+/m0/s1. The molecule has 0 spiro atoms. The van der Waals surface area contributed by atoms with Gasteiger partial charge in [0.1, 0.15) is 84.6 Å². The number of carboxylic acid groups (broad SMARTS) is 1. The number of nitrogens with two attached hydrogens (primary N) is 9. The number of hydrogen-bond donors (Lipinski definition) is 42. The van der Waals surface area contributed by atoms with E-state index in [1.54, 1.807) is 13.8 Å². The molecule has 0 aromatic carbocycles. The van der Waals surface area contributed by atoms with E-state index in [2.05, 4.69) is 122 Å². The monoisotopic (exact) mass is 2170 g/mol. The van der Waals surface area contributed by atoms with E-state index in [4.69, 9.17) is 89.5 Å². The third-order valence-electron chi connectivity index (χ3n) is 23.5. The number of carbonyl (C=O) groups is 19. The highest BCUT2D eigenvalue weighted by molar-refractivity contribution is 8.76. The topological polar surface area (TPSA) is 1070 Å². The molecule has 3 fully saturated rings. The quantitative estimate of drug-likeness (QED) is 0.0119. The molecule has 3 aliphatic rings. The first kappa shape index (κ1) is 130. The normalized spacial score (nSPS) is 24.4. The molecule has 3 saturated heterocycles. The molecule has 3 heterocycles. The maximum atomic E-state index is 14.9. The van der Waals surface area contributed by atoms with E-state index in [-0.39, 0.29) is 206 Å². The highest BCUT2D eigenvalue weighted by Gasteiger charge is 2.44. The van der Waals surface area contributed by atoms with Crippen molar-refractivity contribution in [2.24, 2.45) is 57.5 Å². The summed E-state index contributed by atoms with van der Waals surface area (Å²) in [5.74, 6) is -24.2. The minimum absolute atomic E-state index is 0.000592. The minimum atomic E-state index is -1.89. The fourth-order valence-electron chi connectivity index (χ4n) is 15.3. The van der Waals surface area contributed by atoms with Crippen LogP contribution in [0.25, 0.3) is 0 Å². The van der Waals surface area contributed by atoms with Crippen LogP contribution < -0.4 is 174 Å². The molecule has 3 aliphatic heterocycles. The number of aliphatic carboxylic acids is 1. The minimum Gasteiger partial charge on any atom is -0.480 e. The Morgan fingerprint density at radius 1 is 0.367 bits per heavy atom. The number of amides is 18. The lowest BCUT2D eigenvalue weighted by molar-refractivity contribution is -0.144. The second-order valence-corrected chi connectivity index (χ2v) is 38.1. The number of hydrogen-bond acceptors (Lipinski definition) is 32. The lowest BCUT2D eigenvalue weighted by Gasteiger charge is -2.31. The number of aliphatic hydroxyl groups excluding tert-OH is 2. The fraction of sp³-hybridized carbons (Fsp3) is 0.694. The summed E-state index contributed by atoms with van der Waals surface area (Å²) in [6.45, 7) is -0.472. The number of carbonyl (C=O) groups excluding carboxylic acids is 18. The molecule has 0 saturated carbocycles. The second-order valence-electron chi connectivity index (χ2n) is 35.6. The van der Waals surface area contributed by atoms with E-state index >= 15 is 0 Å². The summed E-state index contributed by atoms with van der Waals surface area (Å²) in [6.07, 6.45) is -2.26. The highest BCUT2D eigenvalue weighted by Crippen LogP contribution is 2.25. The summed E-state index contributed by atoms with van der Waals surface area (Å²) in [5.41, 5.74) is 50.7. The second kappa shape index (κ2) is 70.3. The van der Waals surface area contributed by atoms with Crippen molar-refractivity contribution in [3.63, 3.8) is 0 Å². The van der Waals surface area contributed by atoms with Crippen LogP contribution in [-0.2, 0) is 91.1 Å². The van der Waals surface area contributed by atoms with E-state index in [1.165, 1.54) is 4.90 Å². The highest BCUT2D eigenvalue weighted by atomic mass is 33.1. The summed E-state index contributed by atoms with van der Waals surface area (Å²) in [4.78, 5) is 272. The Bertz CT molecular complexity index is 4610. The molecule has 51 N–H and O–H groups in total. The van der Waals surface area contributed by atoms with Gasteiger partial charge in [0, 0.05) is 70.4 Å². The van der Waals surface area contributed by atoms with E-state index in [0.717, 1.165) is 33.4 Å².